The van der Waals surface area contributed by atoms with Gasteiger partial charge in [0.15, 0.2) is 30.9 Å². The monoisotopic (exact) mass is 1750 g/mol. The molecule has 0 bridgehead atoms. The van der Waals surface area contributed by atoms with Crippen LogP contribution >= 0.6 is 81.2 Å². The van der Waals surface area contributed by atoms with Gasteiger partial charge in [0.05, 0.1) is 133 Å². The van der Waals surface area contributed by atoms with Crippen molar-refractivity contribution in [1.82, 2.24) is 93.5 Å². The van der Waals surface area contributed by atoms with Gasteiger partial charge in [-0.25, -0.2) is 32.9 Å². The Balaban J connectivity index is 0.000000197. The molecule has 0 radical (unpaired) electrons. The molecule has 0 N–H and O–H groups in total. The molecule has 0 saturated carbocycles. The number of hydrogen-bond donors (Lipinski definition) is 0. The largest absolute Gasteiger partial charge is 0.328 e. The van der Waals surface area contributed by atoms with E-state index in [0.29, 0.717) is 53.8 Å². The maximum atomic E-state index is 12.2. The van der Waals surface area contributed by atoms with Gasteiger partial charge in [0, 0.05) is 92.1 Å². The van der Waals surface area contributed by atoms with Gasteiger partial charge in [-0.3, -0.25) is 58.8 Å². The van der Waals surface area contributed by atoms with Crippen LogP contribution in [0.15, 0.2) is 184 Å². The predicted octanol–water partition coefficient (Wildman–Crippen LogP) is 13.4. The molecule has 12 aromatic rings. The highest BCUT2D eigenvalue weighted by molar-refractivity contribution is 6.36. The number of anilines is 6. The second-order valence-corrected chi connectivity index (χ2v) is 27.4. The summed E-state index contributed by atoms with van der Waals surface area (Å²) < 4.78 is 9.32. The van der Waals surface area contributed by atoms with Gasteiger partial charge in [0.2, 0.25) is 29.5 Å². The second kappa shape index (κ2) is 45.3. The minimum atomic E-state index is -0.738. The molecule has 0 spiro atoms. The number of rotatable bonds is 20. The van der Waals surface area contributed by atoms with Crippen LogP contribution in [-0.2, 0) is 24.0 Å². The molecule has 3 atom stereocenters. The molecule has 0 aliphatic heterocycles. The van der Waals surface area contributed by atoms with Gasteiger partial charge in [-0.2, -0.15) is 51.6 Å². The Morgan fingerprint density at radius 2 is 0.622 bits per heavy atom. The van der Waals surface area contributed by atoms with Crippen LogP contribution < -0.4 is 29.4 Å². The van der Waals surface area contributed by atoms with Crippen LogP contribution in [0, 0.1) is 57.2 Å². The van der Waals surface area contributed by atoms with Crippen LogP contribution in [0.1, 0.15) is 54.4 Å². The molecule has 0 fully saturated rings. The Labute approximate surface area is 719 Å². The number of pyridine rings is 6. The van der Waals surface area contributed by atoms with E-state index >= 15 is 0 Å². The van der Waals surface area contributed by atoms with Crippen molar-refractivity contribution in [2.45, 2.75) is 59.8 Å². The van der Waals surface area contributed by atoms with Crippen LogP contribution in [0.2, 0.25) is 30.9 Å². The van der Waals surface area contributed by atoms with Gasteiger partial charge in [0.25, 0.3) is 0 Å². The average Bonchev–Trinajstić information content (AvgIpc) is 1.71. The Hall–Kier alpha value is -13.2. The zero-order valence-electron chi connectivity index (χ0n) is 65.7. The number of aromatic nitrogens is 18. The topological polar surface area (TPSA) is 405 Å². The maximum absolute atomic E-state index is 12.2. The van der Waals surface area contributed by atoms with E-state index in [1.165, 1.54) is 45.7 Å². The van der Waals surface area contributed by atoms with Crippen LogP contribution in [-0.4, -0.2) is 189 Å². The smallest absolute Gasteiger partial charge is 0.324 e. The molecule has 614 valence electrons. The molecule has 119 heavy (non-hydrogen) atoms. The van der Waals surface area contributed by atoms with Crippen LogP contribution in [0.5, 0.6) is 0 Å². The molecule has 0 aliphatic rings. The number of halogens is 7. The fourth-order valence-corrected chi connectivity index (χ4v) is 11.7. The summed E-state index contributed by atoms with van der Waals surface area (Å²) in [6.45, 7) is 11.7. The lowest BCUT2D eigenvalue weighted by molar-refractivity contribution is -0.121. The summed E-state index contributed by atoms with van der Waals surface area (Å²) in [6, 6.07) is 29.0. The normalized spacial score (nSPS) is 11.0. The van der Waals surface area contributed by atoms with E-state index in [0.717, 1.165) is 34.1 Å². The maximum Gasteiger partial charge on any atom is 0.324 e. The number of carbonyl (C=O) groups excluding carboxylic acids is 6. The Morgan fingerprint density at radius 1 is 0.361 bits per heavy atom. The summed E-state index contributed by atoms with van der Waals surface area (Å²) in [5.74, 6) is -2.99. The number of nitriles is 4. The molecule has 12 aromatic heterocycles. The van der Waals surface area contributed by atoms with Gasteiger partial charge in [0.1, 0.15) is 64.2 Å². The lowest BCUT2D eigenvalue weighted by Gasteiger charge is -2.22. The number of urea groups is 1. The summed E-state index contributed by atoms with van der Waals surface area (Å²) in [5.41, 5.74) is 7.41. The number of hydrogen-bond acceptors (Lipinski definition) is 22. The molecule has 12 rings (SSSR count). The zero-order chi connectivity index (χ0) is 87.2. The predicted molar refractivity (Wildman–Crippen MR) is 452 cm³/mol. The number of nitrogens with zero attached hydrogens (tertiary/aromatic N) is 29. The van der Waals surface area contributed by atoms with E-state index in [1.54, 1.807) is 221 Å². The summed E-state index contributed by atoms with van der Waals surface area (Å²) >= 11 is 42.2. The van der Waals surface area contributed by atoms with E-state index in [-0.39, 0.29) is 79.3 Å². The highest BCUT2D eigenvalue weighted by atomic mass is 35.5. The van der Waals surface area contributed by atoms with Crippen molar-refractivity contribution >= 4 is 151 Å². The Bertz CT molecular complexity index is 5550. The molecule has 35 nitrogen and oxygen atoms in total. The first kappa shape index (κ1) is 92.9. The van der Waals surface area contributed by atoms with E-state index in [9.17, 15) is 28.8 Å². The first-order valence-corrected chi connectivity index (χ1v) is 38.2. The molecule has 0 aromatic carbocycles. The molecule has 0 aliphatic carbocycles. The first-order chi connectivity index (χ1) is 57.0. The van der Waals surface area contributed by atoms with E-state index in [2.05, 4.69) is 60.5 Å². The van der Waals surface area contributed by atoms with Crippen molar-refractivity contribution in [3.8, 4) is 58.4 Å². The molecule has 3 unspecified atom stereocenters. The van der Waals surface area contributed by atoms with E-state index in [4.69, 9.17) is 102 Å². The van der Waals surface area contributed by atoms with Gasteiger partial charge >= 0.3 is 6.03 Å². The van der Waals surface area contributed by atoms with Crippen molar-refractivity contribution in [2.75, 3.05) is 84.3 Å². The zero-order valence-corrected chi connectivity index (χ0v) is 70.9. The fourth-order valence-electron chi connectivity index (χ4n) is 10.1. The highest BCUT2D eigenvalue weighted by Crippen LogP contribution is 2.32. The highest BCUT2D eigenvalue weighted by Gasteiger charge is 2.28. The summed E-state index contributed by atoms with van der Waals surface area (Å²) in [6.07, 6.45) is 29.4. The van der Waals surface area contributed by atoms with Gasteiger partial charge in [-0.15, -0.1) is 11.6 Å². The molecule has 0 saturated heterocycles. The summed E-state index contributed by atoms with van der Waals surface area (Å²) in [7, 11) is 8.13. The molecule has 42 heteroatoms. The van der Waals surface area contributed by atoms with Crippen LogP contribution in [0.3, 0.4) is 0 Å². The van der Waals surface area contributed by atoms with Crippen LogP contribution in [0.25, 0.3) is 34.1 Å². The van der Waals surface area contributed by atoms with Crippen molar-refractivity contribution in [3.05, 3.63) is 215 Å². The minimum Gasteiger partial charge on any atom is -0.328 e. The lowest BCUT2D eigenvalue weighted by Crippen LogP contribution is -2.38. The third-order valence-corrected chi connectivity index (χ3v) is 18.5. The van der Waals surface area contributed by atoms with Gasteiger partial charge in [-0.1, -0.05) is 69.6 Å². The average molecular weight is 1750 g/mol. The quantitative estimate of drug-likeness (QED) is 0.0639. The molecular formula is C77H76Cl7N29O6. The van der Waals surface area contributed by atoms with Crippen molar-refractivity contribution in [2.24, 2.45) is 11.8 Å². The van der Waals surface area contributed by atoms with Crippen LogP contribution in [0.4, 0.5) is 38.9 Å². The molecule has 7 amide bonds. The summed E-state index contributed by atoms with van der Waals surface area (Å²) in [5, 5.41) is 60.4. The third kappa shape index (κ3) is 24.9. The first-order valence-electron chi connectivity index (χ1n) is 35.5. The fraction of sp³-hybridized carbons (Fsp3) is 0.247. The number of carbonyl (C=O) groups is 6. The molecule has 12 heterocycles. The molecular weight excluding hydrogens is 1680 g/mol. The minimum absolute atomic E-state index is 0.139. The van der Waals surface area contributed by atoms with Crippen molar-refractivity contribution in [1.29, 1.82) is 21.0 Å². The standard InChI is InChI=1S/C14H14ClN5O.C13H12ClN5O.C13H16ClN5O.C13H12ClN5O.C12H12Cl2N4O.C12H10ClN5O/c1-3-19(14(21)10(2)7-16)12-9-20(18-13(12)15)11-5-4-6-17-8-11;1-9(6-15)13(20)18(2)11-8-19(17-12(11)14)10-4-3-5-16-7-10;1-4-17(2)13(20)18(3)11-9-19(16-12(11)14)10-6-5-7-15-8-10;1-2-18(12(20)5-6-15)11-9-19(17-13(11)14)10-4-3-7-16-8-10;1-8(13)12(19)17(2)10-7-18(16-11(10)14)9-4-3-5-15-6-9;1-17(11(19)4-5-14)10-8-18(16-12(10)13)9-3-2-6-15-7-9/h4-6,8-10H,3H2,1-2H3;3-5,7-9H,1-2H3;5-9H,4H2,1-3H3;3-4,7-9H,2,5H2,1H3;3-8H,1-2H3;2-3,6-8H,4H2,1H3. The van der Waals surface area contributed by atoms with Gasteiger partial charge in [-0.05, 0) is 114 Å². The Morgan fingerprint density at radius 3 is 0.891 bits per heavy atom. The van der Waals surface area contributed by atoms with Gasteiger partial charge < -0.3 is 29.4 Å². The lowest BCUT2D eigenvalue weighted by atomic mass is 10.2. The summed E-state index contributed by atoms with van der Waals surface area (Å²) in [4.78, 5) is 106. The number of alkyl halides is 1. The SMILES string of the molecule is CC(C#N)C(=O)N(C)c1cn(-c2cccnc2)nc1Cl.CC(Cl)C(=O)N(C)c1cn(-c2cccnc2)nc1Cl.CCN(C(=O)C(C)C#N)c1cn(-c2cccnc2)nc1Cl.CCN(C(=O)CC#N)c1cn(-c2cccnc2)nc1Cl.CCN(C)C(=O)N(C)c1cn(-c2cccnc2)nc1Cl.CN(C(=O)CC#N)c1cn(-c2cccnc2)nc1Cl. The van der Waals surface area contributed by atoms with E-state index in [1.807, 2.05) is 81.4 Å². The van der Waals surface area contributed by atoms with Crippen molar-refractivity contribution in [3.63, 3.8) is 0 Å². The van der Waals surface area contributed by atoms with Crippen molar-refractivity contribution < 1.29 is 28.8 Å². The second-order valence-electron chi connectivity index (χ2n) is 24.6. The van der Waals surface area contributed by atoms with E-state index < -0.39 is 17.2 Å². The number of amides is 7. The third-order valence-electron chi connectivity index (χ3n) is 16.7. The Kier molecular flexibility index (Phi) is 35.4.